The Bertz CT molecular complexity index is 958. The van der Waals surface area contributed by atoms with Gasteiger partial charge in [0.1, 0.15) is 12.2 Å². The Labute approximate surface area is 186 Å². The van der Waals surface area contributed by atoms with E-state index in [0.29, 0.717) is 0 Å². The van der Waals surface area contributed by atoms with E-state index in [1.165, 1.54) is 17.8 Å². The van der Waals surface area contributed by atoms with Crippen LogP contribution in [0.2, 0.25) is 0 Å². The highest BCUT2D eigenvalue weighted by Crippen LogP contribution is 2.53. The van der Waals surface area contributed by atoms with E-state index in [9.17, 15) is 18.0 Å². The van der Waals surface area contributed by atoms with Crippen LogP contribution in [0.5, 0.6) is 5.88 Å². The fraction of sp³-hybridized carbons (Fsp3) is 0.500. The average Bonchev–Trinajstić information content (AvgIpc) is 3.44. The van der Waals surface area contributed by atoms with Gasteiger partial charge >= 0.3 is 6.18 Å². The number of amides is 1. The molecular weight excluding hydrogens is 419 g/mol. The molecule has 1 atom stereocenters. The Hall–Kier alpha value is -2.61. The molecule has 2 aromatic rings. The molecule has 1 aliphatic heterocycles. The smallest absolute Gasteiger partial charge is 0.421 e. The minimum Gasteiger partial charge on any atom is -0.476 e. The van der Waals surface area contributed by atoms with E-state index in [0.717, 1.165) is 38.5 Å². The molecule has 1 saturated carbocycles. The summed E-state index contributed by atoms with van der Waals surface area (Å²) in [7, 11) is 0. The summed E-state index contributed by atoms with van der Waals surface area (Å²) in [5.74, 6) is -0.728. The van der Waals surface area contributed by atoms with Crippen LogP contribution in [0.25, 0.3) is 0 Å². The van der Waals surface area contributed by atoms with Gasteiger partial charge in [0.15, 0.2) is 0 Å². The fourth-order valence-electron chi connectivity index (χ4n) is 4.29. The second-order valence-electron chi connectivity index (χ2n) is 9.57. The van der Waals surface area contributed by atoms with Crippen molar-refractivity contribution in [1.29, 1.82) is 0 Å². The van der Waals surface area contributed by atoms with Crippen LogP contribution in [0.1, 0.15) is 37.8 Å². The molecule has 0 radical (unpaired) electrons. The topological polar surface area (TPSA) is 54.5 Å². The third kappa shape index (κ3) is 4.90. The molecule has 1 aromatic carbocycles. The summed E-state index contributed by atoms with van der Waals surface area (Å²) < 4.78 is 44.9. The van der Waals surface area contributed by atoms with Gasteiger partial charge in [-0.25, -0.2) is 4.98 Å². The Morgan fingerprint density at radius 2 is 1.91 bits per heavy atom. The SMILES string of the molecule is CC(C)(COc1ncccc1C(F)(F)F)C(=O)NC1CN(Cc2ccccc2)CC12CC2. The van der Waals surface area contributed by atoms with Crippen LogP contribution in [-0.2, 0) is 17.5 Å². The molecule has 1 unspecified atom stereocenters. The number of aromatic nitrogens is 1. The predicted molar refractivity (Wildman–Crippen MR) is 114 cm³/mol. The molecule has 1 aliphatic carbocycles. The summed E-state index contributed by atoms with van der Waals surface area (Å²) in [4.78, 5) is 19.1. The van der Waals surface area contributed by atoms with Gasteiger partial charge in [-0.3, -0.25) is 9.69 Å². The third-order valence-electron chi connectivity index (χ3n) is 6.43. The zero-order chi connectivity index (χ0) is 23.0. The van der Waals surface area contributed by atoms with Crippen molar-refractivity contribution in [2.75, 3.05) is 19.7 Å². The highest BCUT2D eigenvalue weighted by Gasteiger charge is 2.55. The van der Waals surface area contributed by atoms with Gasteiger partial charge in [0.25, 0.3) is 0 Å². The van der Waals surface area contributed by atoms with Crippen molar-refractivity contribution in [2.24, 2.45) is 10.8 Å². The van der Waals surface area contributed by atoms with Crippen molar-refractivity contribution in [3.05, 3.63) is 59.8 Å². The average molecular weight is 448 g/mol. The number of pyridine rings is 1. The Morgan fingerprint density at radius 1 is 1.19 bits per heavy atom. The number of alkyl halides is 3. The molecule has 5 nitrogen and oxygen atoms in total. The maximum absolute atomic E-state index is 13.2. The summed E-state index contributed by atoms with van der Waals surface area (Å²) in [5.41, 5.74) is -0.616. The monoisotopic (exact) mass is 447 g/mol. The molecular formula is C24H28F3N3O2. The molecule has 0 bridgehead atoms. The molecule has 2 fully saturated rings. The minimum absolute atomic E-state index is 0.0265. The van der Waals surface area contributed by atoms with Crippen LogP contribution in [0.3, 0.4) is 0 Å². The maximum atomic E-state index is 13.2. The number of halogens is 3. The number of likely N-dealkylation sites (tertiary alicyclic amines) is 1. The number of carbonyl (C=O) groups excluding carboxylic acids is 1. The molecule has 172 valence electrons. The van der Waals surface area contributed by atoms with Crippen molar-refractivity contribution >= 4 is 5.91 Å². The van der Waals surface area contributed by atoms with Gasteiger partial charge in [-0.1, -0.05) is 30.3 Å². The number of benzene rings is 1. The Kier molecular flexibility index (Phi) is 5.92. The molecule has 2 aliphatic rings. The zero-order valence-electron chi connectivity index (χ0n) is 18.3. The van der Waals surface area contributed by atoms with Crippen LogP contribution in [0, 0.1) is 10.8 Å². The number of ether oxygens (including phenoxy) is 1. The first kappa shape index (κ1) is 22.6. The van der Waals surface area contributed by atoms with Gasteiger partial charge in [0.2, 0.25) is 11.8 Å². The summed E-state index contributed by atoms with van der Waals surface area (Å²) in [6, 6.07) is 12.4. The van der Waals surface area contributed by atoms with Crippen LogP contribution in [-0.4, -0.2) is 41.5 Å². The highest BCUT2D eigenvalue weighted by molar-refractivity contribution is 5.82. The third-order valence-corrected chi connectivity index (χ3v) is 6.43. The lowest BCUT2D eigenvalue weighted by Gasteiger charge is -2.28. The van der Waals surface area contributed by atoms with Crippen LogP contribution in [0.4, 0.5) is 13.2 Å². The molecule has 2 heterocycles. The Balaban J connectivity index is 1.37. The molecule has 1 aromatic heterocycles. The molecule has 1 saturated heterocycles. The molecule has 1 amide bonds. The van der Waals surface area contributed by atoms with E-state index in [2.05, 4.69) is 27.3 Å². The first-order valence-electron chi connectivity index (χ1n) is 10.8. The van der Waals surface area contributed by atoms with Gasteiger partial charge < -0.3 is 10.1 Å². The normalized spacial score (nSPS) is 20.3. The van der Waals surface area contributed by atoms with E-state index in [-0.39, 0.29) is 24.0 Å². The Morgan fingerprint density at radius 3 is 2.56 bits per heavy atom. The van der Waals surface area contributed by atoms with E-state index in [4.69, 9.17) is 4.74 Å². The lowest BCUT2D eigenvalue weighted by Crippen LogP contribution is -2.49. The number of carbonyl (C=O) groups is 1. The van der Waals surface area contributed by atoms with Crippen molar-refractivity contribution < 1.29 is 22.7 Å². The summed E-state index contributed by atoms with van der Waals surface area (Å²) in [5, 5.41) is 3.17. The van der Waals surface area contributed by atoms with E-state index in [1.54, 1.807) is 13.8 Å². The minimum atomic E-state index is -4.57. The van der Waals surface area contributed by atoms with Crippen molar-refractivity contribution in [2.45, 2.75) is 45.5 Å². The van der Waals surface area contributed by atoms with Crippen LogP contribution in [0.15, 0.2) is 48.7 Å². The summed E-state index contributed by atoms with van der Waals surface area (Å²) >= 11 is 0. The van der Waals surface area contributed by atoms with Gasteiger partial charge in [0.05, 0.1) is 5.41 Å². The summed E-state index contributed by atoms with van der Waals surface area (Å²) in [6.07, 6.45) is -1.18. The van der Waals surface area contributed by atoms with E-state index >= 15 is 0 Å². The standard InChI is InChI=1S/C24H28F3N3O2/c1-22(2,16-32-20-18(24(25,26)27)9-6-12-28-20)21(31)29-19-14-30(15-23(19)10-11-23)13-17-7-4-3-5-8-17/h3-9,12,19H,10-11,13-16H2,1-2H3,(H,29,31). The van der Waals surface area contributed by atoms with Crippen molar-refractivity contribution in [3.8, 4) is 5.88 Å². The zero-order valence-corrected chi connectivity index (χ0v) is 18.3. The maximum Gasteiger partial charge on any atom is 0.421 e. The van der Waals surface area contributed by atoms with Gasteiger partial charge in [-0.2, -0.15) is 13.2 Å². The fourth-order valence-corrected chi connectivity index (χ4v) is 4.29. The number of hydrogen-bond acceptors (Lipinski definition) is 4. The quantitative estimate of drug-likeness (QED) is 0.688. The molecule has 4 rings (SSSR count). The van der Waals surface area contributed by atoms with E-state index < -0.39 is 23.0 Å². The first-order chi connectivity index (χ1) is 15.1. The second-order valence-corrected chi connectivity index (χ2v) is 9.57. The van der Waals surface area contributed by atoms with Gasteiger partial charge in [-0.05, 0) is 44.4 Å². The predicted octanol–water partition coefficient (Wildman–Crippen LogP) is 4.29. The molecule has 32 heavy (non-hydrogen) atoms. The largest absolute Gasteiger partial charge is 0.476 e. The number of nitrogens with one attached hydrogen (secondary N) is 1. The molecule has 1 N–H and O–H groups in total. The van der Waals surface area contributed by atoms with Crippen LogP contribution >= 0.6 is 0 Å². The number of rotatable bonds is 7. The summed E-state index contributed by atoms with van der Waals surface area (Å²) in [6.45, 7) is 5.68. The lowest BCUT2D eigenvalue weighted by molar-refractivity contribution is -0.139. The van der Waals surface area contributed by atoms with Crippen molar-refractivity contribution in [3.63, 3.8) is 0 Å². The van der Waals surface area contributed by atoms with E-state index in [1.807, 2.05) is 18.2 Å². The van der Waals surface area contributed by atoms with Crippen molar-refractivity contribution in [1.82, 2.24) is 15.2 Å². The number of hydrogen-bond donors (Lipinski definition) is 1. The molecule has 1 spiro atoms. The lowest BCUT2D eigenvalue weighted by atomic mass is 9.91. The molecule has 8 heteroatoms. The second kappa shape index (κ2) is 8.39. The highest BCUT2D eigenvalue weighted by atomic mass is 19.4. The van der Waals surface area contributed by atoms with Crippen LogP contribution < -0.4 is 10.1 Å². The van der Waals surface area contributed by atoms with Gasteiger partial charge in [-0.15, -0.1) is 0 Å². The first-order valence-corrected chi connectivity index (χ1v) is 10.8. The van der Waals surface area contributed by atoms with Gasteiger partial charge in [0, 0.05) is 37.3 Å². The number of nitrogens with zero attached hydrogens (tertiary/aromatic N) is 2.